The molecule has 1 aromatic rings. The van der Waals surface area contributed by atoms with Crippen molar-refractivity contribution < 1.29 is 4.92 Å². The Balaban J connectivity index is 0.000000791. The number of hydrogen-bond donors (Lipinski definition) is 1. The molecule has 5 nitrogen and oxygen atoms in total. The summed E-state index contributed by atoms with van der Waals surface area (Å²) < 4.78 is 0. The molecule has 0 saturated heterocycles. The van der Waals surface area contributed by atoms with Crippen LogP contribution in [0.25, 0.3) is 0 Å². The molecule has 0 spiro atoms. The van der Waals surface area contributed by atoms with Gasteiger partial charge < -0.3 is 5.32 Å². The van der Waals surface area contributed by atoms with E-state index in [0.717, 1.165) is 11.3 Å². The SMILES string of the molecule is CC.CC(C)Nc1ncc([N+](=O)[O-])s1. The van der Waals surface area contributed by atoms with E-state index < -0.39 is 4.92 Å². The largest absolute Gasteiger partial charge is 0.359 e. The lowest BCUT2D eigenvalue weighted by atomic mass is 10.4. The molecular formula is C8H15N3O2S. The summed E-state index contributed by atoms with van der Waals surface area (Å²) in [6.45, 7) is 7.90. The van der Waals surface area contributed by atoms with Crippen molar-refractivity contribution >= 4 is 21.5 Å². The van der Waals surface area contributed by atoms with Crippen LogP contribution in [0.3, 0.4) is 0 Å². The number of nitro groups is 1. The fourth-order valence-corrected chi connectivity index (χ4v) is 1.44. The average molecular weight is 217 g/mol. The number of aromatic nitrogens is 1. The summed E-state index contributed by atoms with van der Waals surface area (Å²) >= 11 is 1.05. The van der Waals surface area contributed by atoms with Crippen LogP contribution in [0.2, 0.25) is 0 Å². The molecule has 1 heterocycles. The second-order valence-electron chi connectivity index (χ2n) is 2.56. The molecule has 1 aromatic heterocycles. The molecule has 0 aliphatic carbocycles. The van der Waals surface area contributed by atoms with Crippen molar-refractivity contribution in [3.63, 3.8) is 0 Å². The summed E-state index contributed by atoms with van der Waals surface area (Å²) in [5.41, 5.74) is 0. The molecular weight excluding hydrogens is 202 g/mol. The summed E-state index contributed by atoms with van der Waals surface area (Å²) in [5.74, 6) is 0. The number of hydrogen-bond acceptors (Lipinski definition) is 5. The fraction of sp³-hybridized carbons (Fsp3) is 0.625. The second-order valence-corrected chi connectivity index (χ2v) is 3.57. The number of rotatable bonds is 3. The molecule has 1 rings (SSSR count). The molecule has 0 aliphatic heterocycles. The molecule has 14 heavy (non-hydrogen) atoms. The third-order valence-electron chi connectivity index (χ3n) is 1.09. The van der Waals surface area contributed by atoms with Crippen molar-refractivity contribution in [3.05, 3.63) is 16.3 Å². The van der Waals surface area contributed by atoms with Gasteiger partial charge in [-0.3, -0.25) is 10.1 Å². The minimum Gasteiger partial charge on any atom is -0.359 e. The summed E-state index contributed by atoms with van der Waals surface area (Å²) in [4.78, 5) is 13.7. The van der Waals surface area contributed by atoms with E-state index >= 15 is 0 Å². The molecule has 0 fully saturated rings. The molecule has 0 saturated carbocycles. The van der Waals surface area contributed by atoms with Crippen LogP contribution in [-0.4, -0.2) is 15.9 Å². The van der Waals surface area contributed by atoms with Gasteiger partial charge in [0.15, 0.2) is 5.13 Å². The van der Waals surface area contributed by atoms with E-state index in [9.17, 15) is 10.1 Å². The predicted molar refractivity (Wildman–Crippen MR) is 58.9 cm³/mol. The molecule has 0 amide bonds. The quantitative estimate of drug-likeness (QED) is 0.624. The van der Waals surface area contributed by atoms with Crippen molar-refractivity contribution in [2.45, 2.75) is 33.7 Å². The van der Waals surface area contributed by atoms with Gasteiger partial charge in [-0.1, -0.05) is 13.8 Å². The summed E-state index contributed by atoms with van der Waals surface area (Å²) in [7, 11) is 0. The van der Waals surface area contributed by atoms with Gasteiger partial charge in [-0.05, 0) is 25.2 Å². The maximum Gasteiger partial charge on any atom is 0.345 e. The van der Waals surface area contributed by atoms with Crippen LogP contribution in [0.15, 0.2) is 6.20 Å². The Labute approximate surface area is 87.3 Å². The first-order chi connectivity index (χ1) is 6.59. The highest BCUT2D eigenvalue weighted by atomic mass is 32.1. The van der Waals surface area contributed by atoms with Crippen molar-refractivity contribution in [2.75, 3.05) is 5.32 Å². The van der Waals surface area contributed by atoms with E-state index in [1.54, 1.807) is 0 Å². The van der Waals surface area contributed by atoms with Gasteiger partial charge in [0, 0.05) is 6.04 Å². The van der Waals surface area contributed by atoms with E-state index in [1.807, 2.05) is 27.7 Å². The van der Waals surface area contributed by atoms with Crippen LogP contribution in [0, 0.1) is 10.1 Å². The maximum atomic E-state index is 10.2. The molecule has 0 bridgehead atoms. The Hall–Kier alpha value is -1.17. The zero-order valence-electron chi connectivity index (χ0n) is 8.77. The van der Waals surface area contributed by atoms with Crippen LogP contribution in [0.4, 0.5) is 10.1 Å². The molecule has 1 N–H and O–H groups in total. The molecule has 0 atom stereocenters. The lowest BCUT2D eigenvalue weighted by Gasteiger charge is -2.03. The van der Waals surface area contributed by atoms with Gasteiger partial charge in [-0.15, -0.1) is 0 Å². The highest BCUT2D eigenvalue weighted by molar-refractivity contribution is 7.18. The first-order valence-electron chi connectivity index (χ1n) is 4.46. The fourth-order valence-electron chi connectivity index (χ4n) is 0.664. The molecule has 80 valence electrons. The Morgan fingerprint density at radius 1 is 1.57 bits per heavy atom. The minimum absolute atomic E-state index is 0.0677. The summed E-state index contributed by atoms with van der Waals surface area (Å²) in [6.07, 6.45) is 1.26. The lowest BCUT2D eigenvalue weighted by Crippen LogP contribution is -2.08. The Bertz CT molecular complexity index is 286. The highest BCUT2D eigenvalue weighted by Gasteiger charge is 2.11. The van der Waals surface area contributed by atoms with Gasteiger partial charge in [0.2, 0.25) is 0 Å². The van der Waals surface area contributed by atoms with Gasteiger partial charge in [-0.2, -0.15) is 0 Å². The topological polar surface area (TPSA) is 68.1 Å². The van der Waals surface area contributed by atoms with Gasteiger partial charge >= 0.3 is 5.00 Å². The minimum atomic E-state index is -0.441. The van der Waals surface area contributed by atoms with Crippen molar-refractivity contribution in [2.24, 2.45) is 0 Å². The molecule has 0 unspecified atom stereocenters. The van der Waals surface area contributed by atoms with Crippen LogP contribution in [0.1, 0.15) is 27.7 Å². The zero-order valence-corrected chi connectivity index (χ0v) is 9.59. The summed E-state index contributed by atoms with van der Waals surface area (Å²) in [6, 6.07) is 0.246. The predicted octanol–water partition coefficient (Wildman–Crippen LogP) is 2.90. The first kappa shape index (κ1) is 12.8. The Kier molecular flexibility index (Phi) is 5.78. The van der Waals surface area contributed by atoms with Crippen molar-refractivity contribution in [1.82, 2.24) is 4.98 Å². The van der Waals surface area contributed by atoms with Crippen LogP contribution in [-0.2, 0) is 0 Å². The monoisotopic (exact) mass is 217 g/mol. The zero-order chi connectivity index (χ0) is 11.1. The summed E-state index contributed by atoms with van der Waals surface area (Å²) in [5, 5.41) is 13.9. The average Bonchev–Trinajstić information content (AvgIpc) is 2.55. The third-order valence-corrected chi connectivity index (χ3v) is 1.97. The number of anilines is 1. The van der Waals surface area contributed by atoms with Crippen LogP contribution < -0.4 is 5.32 Å². The molecule has 6 heteroatoms. The standard InChI is InChI=1S/C6H9N3O2S.C2H6/c1-4(2)8-6-7-3-5(12-6)9(10)11;1-2/h3-4H,1-2H3,(H,7,8);1-2H3. The van der Waals surface area contributed by atoms with Crippen molar-refractivity contribution in [3.8, 4) is 0 Å². The van der Waals surface area contributed by atoms with Gasteiger partial charge in [0.1, 0.15) is 6.20 Å². The van der Waals surface area contributed by atoms with Crippen LogP contribution in [0.5, 0.6) is 0 Å². The van der Waals surface area contributed by atoms with Gasteiger partial charge in [0.25, 0.3) is 0 Å². The third kappa shape index (κ3) is 4.18. The Morgan fingerprint density at radius 2 is 2.14 bits per heavy atom. The smallest absolute Gasteiger partial charge is 0.345 e. The van der Waals surface area contributed by atoms with E-state index in [4.69, 9.17) is 0 Å². The van der Waals surface area contributed by atoms with Gasteiger partial charge in [-0.25, -0.2) is 4.98 Å². The van der Waals surface area contributed by atoms with Crippen molar-refractivity contribution in [1.29, 1.82) is 0 Å². The van der Waals surface area contributed by atoms with Gasteiger partial charge in [0.05, 0.1) is 4.92 Å². The molecule has 0 aliphatic rings. The highest BCUT2D eigenvalue weighted by Crippen LogP contribution is 2.25. The number of nitrogens with one attached hydrogen (secondary N) is 1. The molecule has 0 radical (unpaired) electrons. The first-order valence-corrected chi connectivity index (χ1v) is 5.28. The Morgan fingerprint density at radius 3 is 2.50 bits per heavy atom. The second kappa shape index (κ2) is 6.31. The van der Waals surface area contributed by atoms with E-state index in [-0.39, 0.29) is 11.0 Å². The van der Waals surface area contributed by atoms with E-state index in [1.165, 1.54) is 6.20 Å². The normalized spacial score (nSPS) is 9.21. The number of nitrogens with zero attached hydrogens (tertiary/aromatic N) is 2. The van der Waals surface area contributed by atoms with E-state index in [0.29, 0.717) is 5.13 Å². The number of thiazole rings is 1. The van der Waals surface area contributed by atoms with E-state index in [2.05, 4.69) is 10.3 Å². The lowest BCUT2D eigenvalue weighted by molar-refractivity contribution is -0.380. The maximum absolute atomic E-state index is 10.2. The molecule has 0 aromatic carbocycles. The van der Waals surface area contributed by atoms with Crippen LogP contribution >= 0.6 is 11.3 Å².